The van der Waals surface area contributed by atoms with Gasteiger partial charge in [-0.15, -0.1) is 0 Å². The van der Waals surface area contributed by atoms with Gasteiger partial charge in [0.05, 0.1) is 52.1 Å². The van der Waals surface area contributed by atoms with Gasteiger partial charge in [-0.1, -0.05) is 0 Å². The minimum Gasteiger partial charge on any atom is -0.507 e. The van der Waals surface area contributed by atoms with E-state index in [2.05, 4.69) is 0 Å². The third kappa shape index (κ3) is 5.05. The smallest absolute Gasteiger partial charge is 0.342 e. The molecular formula is C34H30O14. The van der Waals surface area contributed by atoms with Crippen molar-refractivity contribution < 1.29 is 68.0 Å². The van der Waals surface area contributed by atoms with Crippen LogP contribution in [0.4, 0.5) is 0 Å². The number of phenols is 4. The highest BCUT2D eigenvalue weighted by Crippen LogP contribution is 2.54. The van der Waals surface area contributed by atoms with E-state index in [0.717, 1.165) is 0 Å². The van der Waals surface area contributed by atoms with Gasteiger partial charge in [-0.25, -0.2) is 9.59 Å². The van der Waals surface area contributed by atoms with Crippen LogP contribution in [0.2, 0.25) is 0 Å². The Hall–Kier alpha value is -5.92. The van der Waals surface area contributed by atoms with E-state index in [4.69, 9.17) is 28.4 Å². The number of cyclic esters (lactones) is 2. The maximum Gasteiger partial charge on any atom is 0.342 e. The van der Waals surface area contributed by atoms with Crippen molar-refractivity contribution in [3.8, 4) is 45.6 Å². The van der Waals surface area contributed by atoms with Crippen LogP contribution in [0.3, 0.4) is 0 Å². The average Bonchev–Trinajstić information content (AvgIpc) is 3.03. The molecule has 2 aliphatic heterocycles. The standard InChI is InChI=1S/C34H30O14/c1-43-21-11-19(35)27-17(7-13-5-15(9-23(37)45-3)47-33(41)25(13)31(27)39)29(21)30-18-8-14-6-16(10-24(38)46-4)48-34(42)26(14)32(40)28(18)20(36)12-22(30)44-2/h7-8,11-12,15-16,35-36,39-40H,5-6,9-10H2,1-4H3/t15-,16+. The predicted molar refractivity (Wildman–Crippen MR) is 166 cm³/mol. The summed E-state index contributed by atoms with van der Waals surface area (Å²) < 4.78 is 31.6. The lowest BCUT2D eigenvalue weighted by atomic mass is 9.85. The number of esters is 4. The lowest BCUT2D eigenvalue weighted by Gasteiger charge is -2.27. The van der Waals surface area contributed by atoms with Crippen LogP contribution in [0.1, 0.15) is 44.7 Å². The fourth-order valence-electron chi connectivity index (χ4n) is 6.54. The molecule has 0 saturated heterocycles. The predicted octanol–water partition coefficient (Wildman–Crippen LogP) is 3.79. The summed E-state index contributed by atoms with van der Waals surface area (Å²) in [5.74, 6) is -4.91. The molecule has 4 N–H and O–H groups in total. The number of benzene rings is 4. The highest BCUT2D eigenvalue weighted by molar-refractivity contribution is 6.18. The molecule has 2 aliphatic rings. The van der Waals surface area contributed by atoms with E-state index in [1.165, 1.54) is 40.6 Å². The maximum atomic E-state index is 13.1. The Labute approximate surface area is 271 Å². The zero-order valence-electron chi connectivity index (χ0n) is 26.2. The van der Waals surface area contributed by atoms with Gasteiger partial charge in [0.1, 0.15) is 57.8 Å². The molecule has 0 fully saturated rings. The summed E-state index contributed by atoms with van der Waals surface area (Å²) >= 11 is 0. The van der Waals surface area contributed by atoms with Crippen molar-refractivity contribution in [2.75, 3.05) is 28.4 Å². The number of hydrogen-bond donors (Lipinski definition) is 4. The summed E-state index contributed by atoms with van der Waals surface area (Å²) in [6, 6.07) is 5.54. The molecule has 250 valence electrons. The Kier molecular flexibility index (Phi) is 8.03. The normalized spacial score (nSPS) is 16.8. The molecule has 0 aliphatic carbocycles. The van der Waals surface area contributed by atoms with Crippen LogP contribution < -0.4 is 9.47 Å². The second-order valence-corrected chi connectivity index (χ2v) is 11.3. The lowest BCUT2D eigenvalue weighted by Crippen LogP contribution is -2.30. The molecule has 0 amide bonds. The number of fused-ring (bicyclic) bond motifs is 4. The molecule has 2 heterocycles. The van der Waals surface area contributed by atoms with Gasteiger partial charge in [0.15, 0.2) is 0 Å². The Bertz CT molecular complexity index is 1920. The molecule has 6 rings (SSSR count). The van der Waals surface area contributed by atoms with Crippen molar-refractivity contribution in [2.24, 2.45) is 0 Å². The molecule has 0 radical (unpaired) electrons. The van der Waals surface area contributed by atoms with Gasteiger partial charge in [-0.2, -0.15) is 0 Å². The van der Waals surface area contributed by atoms with Crippen molar-refractivity contribution in [2.45, 2.75) is 37.9 Å². The number of rotatable bonds is 7. The van der Waals surface area contributed by atoms with Crippen LogP contribution in [-0.4, -0.2) is 85.0 Å². The monoisotopic (exact) mass is 662 g/mol. The van der Waals surface area contributed by atoms with Gasteiger partial charge < -0.3 is 48.8 Å². The van der Waals surface area contributed by atoms with Gasteiger partial charge in [0.2, 0.25) is 0 Å². The van der Waals surface area contributed by atoms with Crippen LogP contribution in [0.25, 0.3) is 32.7 Å². The van der Waals surface area contributed by atoms with E-state index in [9.17, 15) is 39.6 Å². The van der Waals surface area contributed by atoms with Gasteiger partial charge in [0.25, 0.3) is 0 Å². The Balaban J connectivity index is 1.68. The van der Waals surface area contributed by atoms with E-state index in [1.807, 2.05) is 0 Å². The van der Waals surface area contributed by atoms with Crippen LogP contribution in [-0.2, 0) is 41.4 Å². The van der Waals surface area contributed by atoms with E-state index in [0.29, 0.717) is 11.1 Å². The molecule has 0 saturated carbocycles. The minimum atomic E-state index is -0.904. The van der Waals surface area contributed by atoms with Crippen LogP contribution >= 0.6 is 0 Å². The zero-order valence-corrected chi connectivity index (χ0v) is 26.2. The molecule has 0 bridgehead atoms. The largest absolute Gasteiger partial charge is 0.507 e. The van der Waals surface area contributed by atoms with E-state index in [-0.39, 0.29) is 81.0 Å². The van der Waals surface area contributed by atoms with Crippen LogP contribution in [0.15, 0.2) is 24.3 Å². The minimum absolute atomic E-state index is 0.0164. The number of carbonyl (C=O) groups is 4. The van der Waals surface area contributed by atoms with Crippen molar-refractivity contribution in [3.63, 3.8) is 0 Å². The third-order valence-corrected chi connectivity index (χ3v) is 8.63. The summed E-state index contributed by atoms with van der Waals surface area (Å²) in [5.41, 5.74) is 0.651. The van der Waals surface area contributed by atoms with Crippen molar-refractivity contribution in [1.82, 2.24) is 0 Å². The lowest BCUT2D eigenvalue weighted by molar-refractivity contribution is -0.144. The number of aromatic hydroxyl groups is 4. The Morgan fingerprint density at radius 1 is 0.646 bits per heavy atom. The molecule has 14 nitrogen and oxygen atoms in total. The summed E-state index contributed by atoms with van der Waals surface area (Å²) in [5, 5.41) is 45.2. The first-order valence-corrected chi connectivity index (χ1v) is 14.6. The molecule has 48 heavy (non-hydrogen) atoms. The third-order valence-electron chi connectivity index (χ3n) is 8.63. The van der Waals surface area contributed by atoms with Gasteiger partial charge in [-0.3, -0.25) is 9.59 Å². The quantitative estimate of drug-likeness (QED) is 0.164. The fraction of sp³-hybridized carbons (Fsp3) is 0.294. The topological polar surface area (TPSA) is 205 Å². The molecule has 2 atom stereocenters. The van der Waals surface area contributed by atoms with E-state index >= 15 is 0 Å². The zero-order chi connectivity index (χ0) is 34.6. The number of hydrogen-bond acceptors (Lipinski definition) is 14. The van der Waals surface area contributed by atoms with Gasteiger partial charge in [-0.05, 0) is 23.3 Å². The summed E-state index contributed by atoms with van der Waals surface area (Å²) in [4.78, 5) is 50.1. The number of phenolic OH excluding ortho intramolecular Hbond substituents is 4. The van der Waals surface area contributed by atoms with E-state index < -0.39 is 59.1 Å². The first-order chi connectivity index (χ1) is 22.9. The van der Waals surface area contributed by atoms with Crippen LogP contribution in [0, 0.1) is 0 Å². The molecule has 0 aromatic heterocycles. The first kappa shape index (κ1) is 32.0. The maximum absolute atomic E-state index is 13.1. The Morgan fingerprint density at radius 3 is 1.35 bits per heavy atom. The molecule has 14 heteroatoms. The summed E-state index contributed by atoms with van der Waals surface area (Å²) in [6.45, 7) is 0. The Morgan fingerprint density at radius 2 is 1.02 bits per heavy atom. The second kappa shape index (κ2) is 12.0. The van der Waals surface area contributed by atoms with Crippen molar-refractivity contribution in [1.29, 1.82) is 0 Å². The highest BCUT2D eigenvalue weighted by Gasteiger charge is 2.36. The van der Waals surface area contributed by atoms with E-state index in [1.54, 1.807) is 12.1 Å². The first-order valence-electron chi connectivity index (χ1n) is 14.6. The number of carbonyl (C=O) groups excluding carboxylic acids is 4. The molecule has 0 spiro atoms. The number of methoxy groups -OCH3 is 4. The molecular weight excluding hydrogens is 632 g/mol. The highest BCUT2D eigenvalue weighted by atomic mass is 16.6. The van der Waals surface area contributed by atoms with Crippen molar-refractivity contribution in [3.05, 3.63) is 46.5 Å². The number of ether oxygens (including phenoxy) is 6. The van der Waals surface area contributed by atoms with Crippen molar-refractivity contribution >= 4 is 45.4 Å². The molecule has 4 aromatic carbocycles. The molecule has 0 unspecified atom stereocenters. The molecule has 4 aromatic rings. The van der Waals surface area contributed by atoms with Crippen LogP contribution in [0.5, 0.6) is 34.5 Å². The summed E-state index contributed by atoms with van der Waals surface area (Å²) in [6.07, 6.45) is -2.25. The van der Waals surface area contributed by atoms with Gasteiger partial charge >= 0.3 is 23.9 Å². The second-order valence-electron chi connectivity index (χ2n) is 11.3. The van der Waals surface area contributed by atoms with Gasteiger partial charge in [0, 0.05) is 46.9 Å². The summed E-state index contributed by atoms with van der Waals surface area (Å²) in [7, 11) is 5.09. The average molecular weight is 663 g/mol. The SMILES string of the molecule is COC(=O)C[C@@H]1Cc2cc3c(-c4c(OC)cc(O)c5c(O)c6c(cc45)C[C@H](CC(=O)OC)OC6=O)c(OC)cc(O)c3c(O)c2C(=O)O1. The fourth-order valence-corrected chi connectivity index (χ4v) is 6.54.